The van der Waals surface area contributed by atoms with Gasteiger partial charge in [0, 0.05) is 5.56 Å². The molecule has 0 bridgehead atoms. The summed E-state index contributed by atoms with van der Waals surface area (Å²) in [6.45, 7) is 3.87. The molecule has 0 radical (unpaired) electrons. The summed E-state index contributed by atoms with van der Waals surface area (Å²) in [5.41, 5.74) is 5.13. The van der Waals surface area contributed by atoms with E-state index in [0.717, 1.165) is 35.4 Å². The summed E-state index contributed by atoms with van der Waals surface area (Å²) in [7, 11) is 0. The lowest BCUT2D eigenvalue weighted by molar-refractivity contribution is 0.0954. The van der Waals surface area contributed by atoms with Crippen LogP contribution in [-0.2, 0) is 9.47 Å². The molecule has 1 aromatic rings. The first-order chi connectivity index (χ1) is 11.2. The second-order valence-corrected chi connectivity index (χ2v) is 5.04. The average Bonchev–Trinajstić information content (AvgIpc) is 2.50. The molecule has 0 heterocycles. The van der Waals surface area contributed by atoms with Crippen LogP contribution in [0.25, 0.3) is 5.70 Å². The first-order valence-corrected chi connectivity index (χ1v) is 7.85. The van der Waals surface area contributed by atoms with E-state index in [1.807, 2.05) is 30.3 Å². The summed E-state index contributed by atoms with van der Waals surface area (Å²) in [4.78, 5) is 24.2. The Kier molecular flexibility index (Phi) is 6.02. The summed E-state index contributed by atoms with van der Waals surface area (Å²) in [6, 6.07) is 9.49. The Labute approximate surface area is 136 Å². The van der Waals surface area contributed by atoms with Gasteiger partial charge in [-0.25, -0.2) is 15.0 Å². The van der Waals surface area contributed by atoms with Gasteiger partial charge in [0.1, 0.15) is 0 Å². The molecule has 1 fully saturated rings. The van der Waals surface area contributed by atoms with Crippen molar-refractivity contribution >= 4 is 17.9 Å². The van der Waals surface area contributed by atoms with Gasteiger partial charge in [-0.15, -0.1) is 0 Å². The highest BCUT2D eigenvalue weighted by molar-refractivity contribution is 5.86. The first kappa shape index (κ1) is 16.9. The van der Waals surface area contributed by atoms with E-state index >= 15 is 0 Å². The van der Waals surface area contributed by atoms with E-state index in [-0.39, 0.29) is 13.2 Å². The molecule has 1 N–H and O–H groups in total. The Hall–Kier alpha value is -2.50. The highest BCUT2D eigenvalue weighted by Crippen LogP contribution is 2.35. The zero-order valence-electron chi connectivity index (χ0n) is 13.5. The van der Waals surface area contributed by atoms with Crippen molar-refractivity contribution in [2.75, 3.05) is 13.2 Å². The lowest BCUT2D eigenvalue weighted by Crippen LogP contribution is -2.46. The van der Waals surface area contributed by atoms with E-state index in [9.17, 15) is 9.59 Å². The molecule has 0 aliphatic heterocycles. The van der Waals surface area contributed by atoms with E-state index in [0.29, 0.717) is 5.70 Å². The molecule has 0 aromatic heterocycles. The molecular weight excluding hydrogens is 296 g/mol. The Morgan fingerprint density at radius 2 is 1.74 bits per heavy atom. The van der Waals surface area contributed by atoms with E-state index in [1.165, 1.54) is 0 Å². The zero-order chi connectivity index (χ0) is 16.7. The molecule has 0 unspecified atom stereocenters. The molecular formula is C17H22N2O4. The topological polar surface area (TPSA) is 67.9 Å². The van der Waals surface area contributed by atoms with Gasteiger partial charge < -0.3 is 9.47 Å². The Balaban J connectivity index is 2.36. The summed E-state index contributed by atoms with van der Waals surface area (Å²) in [6.07, 6.45) is 1.55. The third kappa shape index (κ3) is 4.25. The van der Waals surface area contributed by atoms with Crippen molar-refractivity contribution < 1.29 is 19.1 Å². The quantitative estimate of drug-likeness (QED) is 0.860. The highest BCUT2D eigenvalue weighted by atomic mass is 16.6. The Morgan fingerprint density at radius 1 is 1.09 bits per heavy atom. The number of nitrogens with one attached hydrogen (secondary N) is 1. The minimum absolute atomic E-state index is 0.219. The lowest BCUT2D eigenvalue weighted by Gasteiger charge is -2.30. The smallest absolute Gasteiger partial charge is 0.433 e. The van der Waals surface area contributed by atoms with Crippen LogP contribution in [0.4, 0.5) is 9.59 Å². The molecule has 6 heteroatoms. The number of rotatable bonds is 4. The highest BCUT2D eigenvalue weighted by Gasteiger charge is 2.28. The molecule has 1 aliphatic carbocycles. The second-order valence-electron chi connectivity index (χ2n) is 5.04. The number of allylic oxidation sites excluding steroid dienone is 1. The maximum Gasteiger partial charge on any atom is 0.433 e. The maximum absolute atomic E-state index is 12.3. The van der Waals surface area contributed by atoms with Gasteiger partial charge >= 0.3 is 12.2 Å². The van der Waals surface area contributed by atoms with Crippen LogP contribution >= 0.6 is 0 Å². The van der Waals surface area contributed by atoms with Crippen molar-refractivity contribution in [3.05, 3.63) is 41.5 Å². The fraction of sp³-hybridized carbons (Fsp3) is 0.412. The first-order valence-electron chi connectivity index (χ1n) is 7.85. The number of nitrogens with zero attached hydrogens (tertiary/aromatic N) is 1. The van der Waals surface area contributed by atoms with E-state index in [1.54, 1.807) is 13.8 Å². The van der Waals surface area contributed by atoms with Crippen LogP contribution in [0.1, 0.15) is 38.7 Å². The normalized spacial score (nSPS) is 12.9. The minimum Gasteiger partial charge on any atom is -0.449 e. The van der Waals surface area contributed by atoms with Crippen LogP contribution in [0.15, 0.2) is 35.9 Å². The van der Waals surface area contributed by atoms with Crippen molar-refractivity contribution in [3.63, 3.8) is 0 Å². The van der Waals surface area contributed by atoms with Crippen LogP contribution in [0, 0.1) is 0 Å². The van der Waals surface area contributed by atoms with Crippen LogP contribution in [-0.4, -0.2) is 30.4 Å². The van der Waals surface area contributed by atoms with Gasteiger partial charge in [-0.3, -0.25) is 0 Å². The summed E-state index contributed by atoms with van der Waals surface area (Å²) < 4.78 is 9.98. The van der Waals surface area contributed by atoms with Crippen LogP contribution in [0.5, 0.6) is 0 Å². The summed E-state index contributed by atoms with van der Waals surface area (Å²) in [5, 5.41) is 1.16. The molecule has 124 valence electrons. The fourth-order valence-electron chi connectivity index (χ4n) is 2.31. The number of hydrazine groups is 1. The van der Waals surface area contributed by atoms with Gasteiger partial charge in [-0.2, -0.15) is 5.01 Å². The predicted molar refractivity (Wildman–Crippen MR) is 86.2 cm³/mol. The molecule has 0 saturated heterocycles. The van der Waals surface area contributed by atoms with Gasteiger partial charge in [0.2, 0.25) is 0 Å². The van der Waals surface area contributed by atoms with Gasteiger partial charge in [0.15, 0.2) is 0 Å². The van der Waals surface area contributed by atoms with E-state index in [2.05, 4.69) is 5.43 Å². The van der Waals surface area contributed by atoms with Crippen molar-refractivity contribution in [3.8, 4) is 0 Å². The molecule has 2 amide bonds. The zero-order valence-corrected chi connectivity index (χ0v) is 13.5. The molecule has 1 saturated carbocycles. The van der Waals surface area contributed by atoms with Gasteiger partial charge in [-0.1, -0.05) is 30.3 Å². The number of carbonyl (C=O) groups excluding carboxylic acids is 2. The van der Waals surface area contributed by atoms with Crippen molar-refractivity contribution in [1.29, 1.82) is 0 Å². The summed E-state index contributed by atoms with van der Waals surface area (Å²) in [5.74, 6) is 0. The Morgan fingerprint density at radius 3 is 2.26 bits per heavy atom. The van der Waals surface area contributed by atoms with E-state index in [4.69, 9.17) is 9.47 Å². The Bertz CT molecular complexity index is 578. The largest absolute Gasteiger partial charge is 0.449 e. The average molecular weight is 318 g/mol. The van der Waals surface area contributed by atoms with Crippen molar-refractivity contribution in [2.45, 2.75) is 33.1 Å². The number of hydrogen-bond donors (Lipinski definition) is 1. The molecule has 6 nitrogen and oxygen atoms in total. The van der Waals surface area contributed by atoms with Crippen molar-refractivity contribution in [2.24, 2.45) is 0 Å². The molecule has 1 aromatic carbocycles. The SMILES string of the molecule is CCOC(=O)NN(C(=O)OCC)C(=C1CCC1)c1ccccc1. The third-order valence-electron chi connectivity index (χ3n) is 3.49. The molecule has 23 heavy (non-hydrogen) atoms. The van der Waals surface area contributed by atoms with Gasteiger partial charge in [0.05, 0.1) is 18.9 Å². The second kappa shape index (κ2) is 8.22. The molecule has 0 spiro atoms. The summed E-state index contributed by atoms with van der Waals surface area (Å²) >= 11 is 0. The number of benzene rings is 1. The lowest BCUT2D eigenvalue weighted by atomic mass is 9.88. The van der Waals surface area contributed by atoms with Crippen LogP contribution in [0.3, 0.4) is 0 Å². The number of ether oxygens (including phenoxy) is 2. The number of amides is 2. The predicted octanol–water partition coefficient (Wildman–Crippen LogP) is 3.70. The van der Waals surface area contributed by atoms with Gasteiger partial charge in [0.25, 0.3) is 0 Å². The minimum atomic E-state index is -0.686. The van der Waals surface area contributed by atoms with E-state index < -0.39 is 12.2 Å². The number of hydrogen-bond acceptors (Lipinski definition) is 4. The van der Waals surface area contributed by atoms with Crippen molar-refractivity contribution in [1.82, 2.24) is 10.4 Å². The van der Waals surface area contributed by atoms with Crippen LogP contribution < -0.4 is 5.43 Å². The number of carbonyl (C=O) groups is 2. The third-order valence-corrected chi connectivity index (χ3v) is 3.49. The maximum atomic E-state index is 12.3. The van der Waals surface area contributed by atoms with Crippen LogP contribution in [0.2, 0.25) is 0 Å². The molecule has 2 rings (SSSR count). The fourth-order valence-corrected chi connectivity index (χ4v) is 2.31. The van der Waals surface area contributed by atoms with Gasteiger partial charge in [-0.05, 0) is 38.7 Å². The molecule has 1 aliphatic rings. The monoisotopic (exact) mass is 318 g/mol. The molecule has 0 atom stereocenters. The standard InChI is InChI=1S/C17H22N2O4/c1-3-22-16(20)18-19(17(21)23-4-2)15(14-11-8-12-14)13-9-6-5-7-10-13/h5-7,9-10H,3-4,8,11-12H2,1-2H3,(H,18,20).